The minimum atomic E-state index is -0.957. The summed E-state index contributed by atoms with van der Waals surface area (Å²) < 4.78 is 11.2. The fraction of sp³-hybridized carbons (Fsp3) is 0.967. The third-order valence-electron chi connectivity index (χ3n) is 6.68. The van der Waals surface area contributed by atoms with Crippen LogP contribution in [0.1, 0.15) is 143 Å². The number of carboxylic acid groups (broad SMARTS) is 1. The van der Waals surface area contributed by atoms with E-state index in [1.165, 1.54) is 89.9 Å². The van der Waals surface area contributed by atoms with Gasteiger partial charge in [0.05, 0.1) is 25.4 Å². The highest BCUT2D eigenvalue weighted by Crippen LogP contribution is 2.16. The lowest BCUT2D eigenvalue weighted by Gasteiger charge is -2.20. The summed E-state index contributed by atoms with van der Waals surface area (Å²) in [6, 6.07) is 0. The topological polar surface area (TPSA) is 76.0 Å². The summed E-state index contributed by atoms with van der Waals surface area (Å²) in [6.07, 6.45) is 21.2. The van der Waals surface area contributed by atoms with Gasteiger partial charge in [-0.15, -0.1) is 0 Å². The van der Waals surface area contributed by atoms with Gasteiger partial charge in [0.2, 0.25) is 0 Å². The summed E-state index contributed by atoms with van der Waals surface area (Å²) in [7, 11) is 0. The molecule has 0 aromatic carbocycles. The quantitative estimate of drug-likeness (QED) is 0.111. The molecule has 2 unspecified atom stereocenters. The molecule has 0 aromatic heterocycles. The number of aliphatic hydroxyl groups excluding tert-OH is 1. The van der Waals surface area contributed by atoms with Crippen LogP contribution < -0.4 is 0 Å². The number of unbranched alkanes of at least 4 members (excludes halogenated alkanes) is 12. The molecule has 5 nitrogen and oxygen atoms in total. The van der Waals surface area contributed by atoms with E-state index in [0.29, 0.717) is 6.61 Å². The molecule has 0 bridgehead atoms. The molecule has 0 aromatic rings. The van der Waals surface area contributed by atoms with E-state index in [1.807, 2.05) is 0 Å². The van der Waals surface area contributed by atoms with E-state index in [9.17, 15) is 9.90 Å². The third kappa shape index (κ3) is 27.8. The summed E-state index contributed by atoms with van der Waals surface area (Å²) >= 11 is 0. The fourth-order valence-corrected chi connectivity index (χ4v) is 4.45. The molecule has 0 aliphatic carbocycles. The Hall–Kier alpha value is -0.650. The number of rotatable bonds is 27. The Labute approximate surface area is 217 Å². The number of carboxylic acids is 1. The highest BCUT2D eigenvalue weighted by atomic mass is 16.5. The second-order valence-electron chi connectivity index (χ2n) is 11.4. The lowest BCUT2D eigenvalue weighted by molar-refractivity contribution is -0.144. The average molecular weight is 501 g/mol. The SMILES string of the molecule is CC(C)CCCCCCCCCC(O)COC(CCCCCCCCCC(C)C)COCC(=O)O. The van der Waals surface area contributed by atoms with E-state index in [4.69, 9.17) is 14.6 Å². The minimum Gasteiger partial charge on any atom is -0.480 e. The van der Waals surface area contributed by atoms with Crippen LogP contribution in [-0.2, 0) is 14.3 Å². The maximum absolute atomic E-state index is 10.8. The van der Waals surface area contributed by atoms with Gasteiger partial charge >= 0.3 is 5.97 Å². The zero-order valence-corrected chi connectivity index (χ0v) is 23.8. The molecule has 0 radical (unpaired) electrons. The molecule has 0 fully saturated rings. The van der Waals surface area contributed by atoms with Gasteiger partial charge in [0.25, 0.3) is 0 Å². The summed E-state index contributed by atoms with van der Waals surface area (Å²) in [5.41, 5.74) is 0. The zero-order valence-electron chi connectivity index (χ0n) is 23.8. The Balaban J connectivity index is 3.88. The van der Waals surface area contributed by atoms with E-state index in [-0.39, 0.29) is 19.3 Å². The van der Waals surface area contributed by atoms with Crippen LogP contribution in [0.3, 0.4) is 0 Å². The van der Waals surface area contributed by atoms with Crippen molar-refractivity contribution in [3.05, 3.63) is 0 Å². The predicted molar refractivity (Wildman–Crippen MR) is 147 cm³/mol. The molecule has 0 aliphatic heterocycles. The molecule has 0 heterocycles. The summed E-state index contributed by atoms with van der Waals surface area (Å²) in [5, 5.41) is 19.1. The second kappa shape index (κ2) is 25.0. The average Bonchev–Trinajstić information content (AvgIpc) is 2.79. The maximum Gasteiger partial charge on any atom is 0.329 e. The van der Waals surface area contributed by atoms with Gasteiger partial charge in [0.1, 0.15) is 6.61 Å². The Morgan fingerprint density at radius 2 is 1.00 bits per heavy atom. The summed E-state index contributed by atoms with van der Waals surface area (Å²) in [4.78, 5) is 10.8. The van der Waals surface area contributed by atoms with Crippen LogP contribution >= 0.6 is 0 Å². The van der Waals surface area contributed by atoms with E-state index < -0.39 is 12.1 Å². The van der Waals surface area contributed by atoms with Crippen LogP contribution in [0, 0.1) is 11.8 Å². The highest BCUT2D eigenvalue weighted by Gasteiger charge is 2.13. The van der Waals surface area contributed by atoms with Gasteiger partial charge in [0, 0.05) is 0 Å². The lowest BCUT2D eigenvalue weighted by atomic mass is 10.0. The van der Waals surface area contributed by atoms with Crippen molar-refractivity contribution >= 4 is 5.97 Å². The maximum atomic E-state index is 10.8. The molecule has 210 valence electrons. The molecular weight excluding hydrogens is 440 g/mol. The highest BCUT2D eigenvalue weighted by molar-refractivity contribution is 5.67. The molecule has 0 saturated carbocycles. The van der Waals surface area contributed by atoms with Gasteiger partial charge in [-0.2, -0.15) is 0 Å². The van der Waals surface area contributed by atoms with Crippen molar-refractivity contribution in [1.29, 1.82) is 0 Å². The van der Waals surface area contributed by atoms with Gasteiger partial charge in [-0.1, -0.05) is 130 Å². The van der Waals surface area contributed by atoms with E-state index in [1.54, 1.807) is 0 Å². The van der Waals surface area contributed by atoms with Crippen molar-refractivity contribution in [2.24, 2.45) is 11.8 Å². The number of hydrogen-bond donors (Lipinski definition) is 2. The lowest BCUT2D eigenvalue weighted by Crippen LogP contribution is -2.26. The van der Waals surface area contributed by atoms with Gasteiger partial charge in [-0.05, 0) is 24.7 Å². The number of ether oxygens (including phenoxy) is 2. The molecular formula is C30H60O5. The molecule has 35 heavy (non-hydrogen) atoms. The number of aliphatic carboxylic acids is 1. The van der Waals surface area contributed by atoms with Crippen LogP contribution in [-0.4, -0.2) is 48.2 Å². The van der Waals surface area contributed by atoms with Crippen molar-refractivity contribution in [2.45, 2.75) is 155 Å². The van der Waals surface area contributed by atoms with Crippen LogP contribution in [0.4, 0.5) is 0 Å². The zero-order chi connectivity index (χ0) is 26.2. The molecule has 0 amide bonds. The Morgan fingerprint density at radius 1 is 0.600 bits per heavy atom. The smallest absolute Gasteiger partial charge is 0.329 e. The first kappa shape index (κ1) is 34.4. The van der Waals surface area contributed by atoms with Crippen molar-refractivity contribution in [1.82, 2.24) is 0 Å². The largest absolute Gasteiger partial charge is 0.480 e. The predicted octanol–water partition coefficient (Wildman–Crippen LogP) is 8.17. The van der Waals surface area contributed by atoms with E-state index in [0.717, 1.165) is 37.5 Å². The molecule has 0 spiro atoms. The second-order valence-corrected chi connectivity index (χ2v) is 11.4. The van der Waals surface area contributed by atoms with Crippen molar-refractivity contribution in [3.63, 3.8) is 0 Å². The van der Waals surface area contributed by atoms with Crippen molar-refractivity contribution < 1.29 is 24.5 Å². The summed E-state index contributed by atoms with van der Waals surface area (Å²) in [5.74, 6) is 0.667. The van der Waals surface area contributed by atoms with Gasteiger partial charge in [-0.25, -0.2) is 4.79 Å². The van der Waals surface area contributed by atoms with Crippen molar-refractivity contribution in [2.75, 3.05) is 19.8 Å². The normalized spacial score (nSPS) is 13.6. The monoisotopic (exact) mass is 500 g/mol. The first-order valence-electron chi connectivity index (χ1n) is 14.9. The first-order valence-corrected chi connectivity index (χ1v) is 14.9. The molecule has 0 saturated heterocycles. The fourth-order valence-electron chi connectivity index (χ4n) is 4.45. The number of aliphatic hydroxyl groups is 1. The van der Waals surface area contributed by atoms with Gasteiger partial charge in [-0.3, -0.25) is 0 Å². The third-order valence-corrected chi connectivity index (χ3v) is 6.68. The Kier molecular flexibility index (Phi) is 24.6. The van der Waals surface area contributed by atoms with Crippen LogP contribution in [0.2, 0.25) is 0 Å². The first-order chi connectivity index (χ1) is 16.8. The number of hydrogen-bond acceptors (Lipinski definition) is 4. The standard InChI is InChI=1S/C30H60O5/c1-26(2)19-15-11-7-5-9-13-17-21-28(31)23-35-29(24-34-25-30(32)33)22-18-14-10-6-8-12-16-20-27(3)4/h26-29,31H,5-25H2,1-4H3,(H,32,33). The molecule has 2 N–H and O–H groups in total. The summed E-state index contributed by atoms with van der Waals surface area (Å²) in [6.45, 7) is 9.45. The minimum absolute atomic E-state index is 0.138. The Bertz CT molecular complexity index is 452. The van der Waals surface area contributed by atoms with Crippen LogP contribution in [0.5, 0.6) is 0 Å². The van der Waals surface area contributed by atoms with Gasteiger partial charge in [0.15, 0.2) is 0 Å². The van der Waals surface area contributed by atoms with Crippen LogP contribution in [0.15, 0.2) is 0 Å². The van der Waals surface area contributed by atoms with Crippen molar-refractivity contribution in [3.8, 4) is 0 Å². The van der Waals surface area contributed by atoms with Gasteiger partial charge < -0.3 is 19.7 Å². The van der Waals surface area contributed by atoms with E-state index in [2.05, 4.69) is 27.7 Å². The van der Waals surface area contributed by atoms with E-state index >= 15 is 0 Å². The molecule has 2 atom stereocenters. The Morgan fingerprint density at radius 3 is 1.43 bits per heavy atom. The molecule has 0 aliphatic rings. The van der Waals surface area contributed by atoms with Crippen LogP contribution in [0.25, 0.3) is 0 Å². The number of carbonyl (C=O) groups is 1. The molecule has 0 rings (SSSR count). The molecule has 5 heteroatoms.